The number of hydrogen-bond acceptors (Lipinski definition) is 3. The van der Waals surface area contributed by atoms with Crippen molar-refractivity contribution in [2.24, 2.45) is 17.8 Å². The maximum atomic E-state index is 12.7. The van der Waals surface area contributed by atoms with Gasteiger partial charge in [0.1, 0.15) is 6.67 Å². The molecule has 5 heteroatoms. The Labute approximate surface area is 142 Å². The van der Waals surface area contributed by atoms with E-state index in [2.05, 4.69) is 6.92 Å². The fraction of sp³-hybridized carbons (Fsp3) is 0.526. The minimum atomic E-state index is -0.201. The molecule has 1 aliphatic heterocycles. The Morgan fingerprint density at radius 1 is 1.12 bits per heavy atom. The number of benzene rings is 1. The zero-order chi connectivity index (χ0) is 17.4. The molecule has 2 fully saturated rings. The Balaban J connectivity index is 1.82. The summed E-state index contributed by atoms with van der Waals surface area (Å²) in [6.45, 7) is 5.57. The Morgan fingerprint density at radius 2 is 1.75 bits per heavy atom. The van der Waals surface area contributed by atoms with Gasteiger partial charge in [-0.3, -0.25) is 24.2 Å². The largest absolute Gasteiger partial charge is 0.294 e. The van der Waals surface area contributed by atoms with Crippen LogP contribution in [0.25, 0.3) is 0 Å². The lowest BCUT2D eigenvalue weighted by molar-refractivity contribution is -0.140. The van der Waals surface area contributed by atoms with Gasteiger partial charge in [0, 0.05) is 12.6 Å². The first kappa shape index (κ1) is 16.7. The van der Waals surface area contributed by atoms with Gasteiger partial charge in [-0.05, 0) is 44.2 Å². The number of fused-ring (bicyclic) bond motifs is 1. The van der Waals surface area contributed by atoms with Gasteiger partial charge in [0.2, 0.25) is 17.7 Å². The number of hydrogen-bond donors (Lipinski definition) is 0. The smallest absolute Gasteiger partial charge is 0.234 e. The summed E-state index contributed by atoms with van der Waals surface area (Å²) in [5, 5.41) is 0. The van der Waals surface area contributed by atoms with Crippen LogP contribution in [0, 0.1) is 24.7 Å². The summed E-state index contributed by atoms with van der Waals surface area (Å²) >= 11 is 0. The molecule has 3 amide bonds. The Hall–Kier alpha value is -2.17. The molecule has 0 radical (unpaired) electrons. The topological polar surface area (TPSA) is 57.7 Å². The fourth-order valence-corrected chi connectivity index (χ4v) is 3.83. The molecular formula is C19H24N2O3. The van der Waals surface area contributed by atoms with Crippen LogP contribution >= 0.6 is 0 Å². The van der Waals surface area contributed by atoms with Gasteiger partial charge in [0.15, 0.2) is 0 Å². The third-order valence-corrected chi connectivity index (χ3v) is 5.29. The summed E-state index contributed by atoms with van der Waals surface area (Å²) in [5.74, 6) is -0.328. The normalized spacial score (nSPS) is 26.5. The zero-order valence-electron chi connectivity index (χ0n) is 14.5. The van der Waals surface area contributed by atoms with Gasteiger partial charge in [0.05, 0.1) is 11.8 Å². The number of carbonyl (C=O) groups excluding carboxylic acids is 3. The third-order valence-electron chi connectivity index (χ3n) is 5.29. The van der Waals surface area contributed by atoms with Crippen LogP contribution in [0.3, 0.4) is 0 Å². The number of anilines is 1. The Morgan fingerprint density at radius 3 is 2.38 bits per heavy atom. The van der Waals surface area contributed by atoms with Gasteiger partial charge in [-0.2, -0.15) is 0 Å². The minimum Gasteiger partial charge on any atom is -0.294 e. The molecule has 1 aromatic carbocycles. The average Bonchev–Trinajstić information content (AvgIpc) is 2.77. The van der Waals surface area contributed by atoms with E-state index in [0.717, 1.165) is 24.8 Å². The Bertz CT molecular complexity index is 668. The van der Waals surface area contributed by atoms with E-state index in [4.69, 9.17) is 0 Å². The minimum absolute atomic E-state index is 0.0114. The number of rotatable bonds is 3. The number of nitrogens with zero attached hydrogens (tertiary/aromatic N) is 2. The highest BCUT2D eigenvalue weighted by atomic mass is 16.2. The average molecular weight is 328 g/mol. The van der Waals surface area contributed by atoms with Crippen molar-refractivity contribution in [2.75, 3.05) is 11.6 Å². The van der Waals surface area contributed by atoms with E-state index in [0.29, 0.717) is 11.6 Å². The predicted octanol–water partition coefficient (Wildman–Crippen LogP) is 2.73. The monoisotopic (exact) mass is 328 g/mol. The lowest BCUT2D eigenvalue weighted by Crippen LogP contribution is -2.44. The van der Waals surface area contributed by atoms with Crippen molar-refractivity contribution in [3.8, 4) is 0 Å². The zero-order valence-corrected chi connectivity index (χ0v) is 14.5. The number of aryl methyl sites for hydroxylation is 1. The highest BCUT2D eigenvalue weighted by Gasteiger charge is 2.49. The van der Waals surface area contributed by atoms with Crippen LogP contribution in [0.1, 0.15) is 38.7 Å². The summed E-state index contributed by atoms with van der Waals surface area (Å²) in [6, 6.07) is 7.52. The van der Waals surface area contributed by atoms with Crippen molar-refractivity contribution in [3.63, 3.8) is 0 Å². The van der Waals surface area contributed by atoms with Gasteiger partial charge < -0.3 is 0 Å². The first-order chi connectivity index (χ1) is 11.4. The first-order valence-corrected chi connectivity index (χ1v) is 8.58. The van der Waals surface area contributed by atoms with E-state index < -0.39 is 0 Å². The third kappa shape index (κ3) is 2.95. The molecule has 0 aromatic heterocycles. The lowest BCUT2D eigenvalue weighted by Gasteiger charge is -2.26. The van der Waals surface area contributed by atoms with E-state index >= 15 is 0 Å². The summed E-state index contributed by atoms with van der Waals surface area (Å²) in [4.78, 5) is 40.2. The van der Waals surface area contributed by atoms with Gasteiger partial charge in [-0.15, -0.1) is 0 Å². The van der Waals surface area contributed by atoms with Crippen LogP contribution < -0.4 is 4.90 Å². The molecule has 1 aliphatic carbocycles. The summed E-state index contributed by atoms with van der Waals surface area (Å²) in [5.41, 5.74) is 1.80. The maximum absolute atomic E-state index is 12.7. The van der Waals surface area contributed by atoms with E-state index in [1.54, 1.807) is 0 Å². The molecule has 0 spiro atoms. The second kappa shape index (κ2) is 6.38. The van der Waals surface area contributed by atoms with Crippen molar-refractivity contribution in [1.29, 1.82) is 0 Å². The van der Waals surface area contributed by atoms with Crippen LogP contribution in [-0.4, -0.2) is 29.3 Å². The maximum Gasteiger partial charge on any atom is 0.234 e. The molecule has 1 heterocycles. The molecule has 1 saturated carbocycles. The molecule has 0 bridgehead atoms. The molecule has 3 atom stereocenters. The Kier molecular flexibility index (Phi) is 4.43. The summed E-state index contributed by atoms with van der Waals surface area (Å²) in [6.07, 6.45) is 2.54. The molecule has 3 rings (SSSR count). The summed E-state index contributed by atoms with van der Waals surface area (Å²) < 4.78 is 0. The van der Waals surface area contributed by atoms with Crippen LogP contribution in [0.5, 0.6) is 0 Å². The molecule has 2 aliphatic rings. The number of likely N-dealkylation sites (tertiary alicyclic amines) is 1. The van der Waals surface area contributed by atoms with Crippen molar-refractivity contribution in [2.45, 2.75) is 40.0 Å². The highest BCUT2D eigenvalue weighted by molar-refractivity contribution is 6.06. The summed E-state index contributed by atoms with van der Waals surface area (Å²) in [7, 11) is 0. The van der Waals surface area contributed by atoms with E-state index in [1.165, 1.54) is 16.7 Å². The molecule has 1 aromatic rings. The van der Waals surface area contributed by atoms with Crippen molar-refractivity contribution >= 4 is 23.4 Å². The van der Waals surface area contributed by atoms with Gasteiger partial charge in [0.25, 0.3) is 0 Å². The SMILES string of the molecule is CC(=O)N(CN1C(=O)[C@H]2CC[C@H](C)C[C@H]2C1=O)c1ccc(C)cc1. The van der Waals surface area contributed by atoms with Crippen LogP contribution in [0.4, 0.5) is 5.69 Å². The van der Waals surface area contributed by atoms with E-state index in [9.17, 15) is 14.4 Å². The van der Waals surface area contributed by atoms with Gasteiger partial charge in [-0.25, -0.2) is 0 Å². The molecule has 24 heavy (non-hydrogen) atoms. The van der Waals surface area contributed by atoms with Crippen LogP contribution in [0.15, 0.2) is 24.3 Å². The van der Waals surface area contributed by atoms with Crippen molar-refractivity contribution in [1.82, 2.24) is 4.90 Å². The number of amides is 3. The van der Waals surface area contributed by atoms with Crippen molar-refractivity contribution in [3.05, 3.63) is 29.8 Å². The lowest BCUT2D eigenvalue weighted by atomic mass is 9.76. The highest BCUT2D eigenvalue weighted by Crippen LogP contribution is 2.40. The molecule has 0 unspecified atom stereocenters. The predicted molar refractivity (Wildman–Crippen MR) is 91.1 cm³/mol. The first-order valence-electron chi connectivity index (χ1n) is 8.58. The van der Waals surface area contributed by atoms with Crippen LogP contribution in [0.2, 0.25) is 0 Å². The second-order valence-corrected chi connectivity index (χ2v) is 7.16. The van der Waals surface area contributed by atoms with Crippen molar-refractivity contribution < 1.29 is 14.4 Å². The van der Waals surface area contributed by atoms with Crippen LogP contribution in [-0.2, 0) is 14.4 Å². The molecule has 0 N–H and O–H groups in total. The van der Waals surface area contributed by atoms with E-state index in [-0.39, 0.29) is 36.2 Å². The second-order valence-electron chi connectivity index (χ2n) is 7.16. The molecule has 5 nitrogen and oxygen atoms in total. The molecular weight excluding hydrogens is 304 g/mol. The fourth-order valence-electron chi connectivity index (χ4n) is 3.83. The number of imide groups is 1. The molecule has 128 valence electrons. The van der Waals surface area contributed by atoms with Gasteiger partial charge in [-0.1, -0.05) is 24.6 Å². The standard InChI is InChI=1S/C19H24N2O3/c1-12-4-7-15(8-5-12)20(14(3)22)11-21-18(23)16-9-6-13(2)10-17(16)19(21)24/h4-5,7-8,13,16-17H,6,9-11H2,1-3H3/t13-,16-,17+/m0/s1. The quantitative estimate of drug-likeness (QED) is 0.802. The number of carbonyl (C=O) groups is 3. The van der Waals surface area contributed by atoms with Gasteiger partial charge >= 0.3 is 0 Å². The molecule has 1 saturated heterocycles. The van der Waals surface area contributed by atoms with E-state index in [1.807, 2.05) is 31.2 Å².